The lowest BCUT2D eigenvalue weighted by Gasteiger charge is -2.18. The molecule has 1 aliphatic heterocycles. The second-order valence-electron chi connectivity index (χ2n) is 7.42. The molecule has 0 unspecified atom stereocenters. The monoisotopic (exact) mass is 442 g/mol. The highest BCUT2D eigenvalue weighted by molar-refractivity contribution is 7.92. The number of hydrogen-bond donors (Lipinski definition) is 2. The molecule has 30 heavy (non-hydrogen) atoms. The summed E-state index contributed by atoms with van der Waals surface area (Å²) in [4.78, 5) is 12.3. The number of fused-ring (bicyclic) bond motifs is 1. The van der Waals surface area contributed by atoms with Crippen LogP contribution in [0.4, 0.5) is 23.7 Å². The molecule has 4 rings (SSSR count). The van der Waals surface area contributed by atoms with Crippen molar-refractivity contribution in [3.8, 4) is 5.75 Å². The maximum Gasteiger partial charge on any atom is 0.573 e. The zero-order chi connectivity index (χ0) is 21.7. The number of rotatable bonds is 5. The van der Waals surface area contributed by atoms with Crippen LogP contribution in [0.25, 0.3) is 0 Å². The van der Waals surface area contributed by atoms with E-state index in [9.17, 15) is 26.4 Å². The van der Waals surface area contributed by atoms with Crippen LogP contribution < -0.4 is 9.46 Å². The van der Waals surface area contributed by atoms with E-state index >= 15 is 0 Å². The number of likely N-dealkylation sites (tertiary alicyclic amines) is 1. The zero-order valence-corrected chi connectivity index (χ0v) is 16.2. The third-order valence-corrected chi connectivity index (χ3v) is 6.89. The number of nitrogens with one attached hydrogen (secondary N) is 1. The van der Waals surface area contributed by atoms with Gasteiger partial charge in [0.25, 0.3) is 10.0 Å². The van der Waals surface area contributed by atoms with Crippen molar-refractivity contribution < 1.29 is 36.2 Å². The molecule has 2 aromatic carbocycles. The van der Waals surface area contributed by atoms with E-state index in [1.807, 2.05) is 0 Å². The average Bonchev–Trinajstić information content (AvgIpc) is 3.22. The predicted molar refractivity (Wildman–Crippen MR) is 99.8 cm³/mol. The molecule has 2 N–H and O–H groups in total. The Morgan fingerprint density at radius 3 is 2.30 bits per heavy atom. The van der Waals surface area contributed by atoms with Crippen molar-refractivity contribution in [2.45, 2.75) is 23.1 Å². The van der Waals surface area contributed by atoms with Gasteiger partial charge < -0.3 is 14.7 Å². The van der Waals surface area contributed by atoms with E-state index in [0.717, 1.165) is 36.2 Å². The van der Waals surface area contributed by atoms with Crippen molar-refractivity contribution in [3.05, 3.63) is 54.1 Å². The molecule has 11 heteroatoms. The Labute approximate surface area is 170 Å². The summed E-state index contributed by atoms with van der Waals surface area (Å²) in [6.45, 7) is 0.919. The standard InChI is InChI=1S/C19H17F3N2O5S/c20-19(21,22)29-15-5-7-16(8-6-15)30(27,28)23-14-3-1-12(2-4-14)18-9-13(18)10-24(11-18)17(25)26/h1-8,13,23H,9-11H2,(H,25,26)/t13-,18+/m1/s1. The summed E-state index contributed by atoms with van der Waals surface area (Å²) in [5.74, 6) is -0.246. The number of hydrogen-bond acceptors (Lipinski definition) is 4. The molecule has 2 aliphatic rings. The van der Waals surface area contributed by atoms with Crippen LogP contribution in [0, 0.1) is 5.92 Å². The van der Waals surface area contributed by atoms with Crippen LogP contribution in [0.3, 0.4) is 0 Å². The van der Waals surface area contributed by atoms with E-state index in [4.69, 9.17) is 5.11 Å². The summed E-state index contributed by atoms with van der Waals surface area (Å²) >= 11 is 0. The van der Waals surface area contributed by atoms with E-state index in [1.54, 1.807) is 24.3 Å². The molecule has 1 saturated heterocycles. The van der Waals surface area contributed by atoms with Crippen molar-refractivity contribution in [1.82, 2.24) is 4.90 Å². The van der Waals surface area contributed by atoms with Crippen LogP contribution in [0.1, 0.15) is 12.0 Å². The van der Waals surface area contributed by atoms with Crippen molar-refractivity contribution in [2.75, 3.05) is 17.8 Å². The minimum atomic E-state index is -4.86. The molecule has 0 radical (unpaired) electrons. The van der Waals surface area contributed by atoms with Gasteiger partial charge in [0.2, 0.25) is 0 Å². The quantitative estimate of drug-likeness (QED) is 0.737. The van der Waals surface area contributed by atoms with Crippen LogP contribution >= 0.6 is 0 Å². The number of nitrogens with zero attached hydrogens (tertiary/aromatic N) is 1. The van der Waals surface area contributed by atoms with Crippen LogP contribution in [-0.2, 0) is 15.4 Å². The molecule has 1 heterocycles. The molecule has 0 aromatic heterocycles. The van der Waals surface area contributed by atoms with E-state index in [1.165, 1.54) is 4.90 Å². The van der Waals surface area contributed by atoms with Crippen molar-refractivity contribution in [2.24, 2.45) is 5.92 Å². The molecular weight excluding hydrogens is 425 g/mol. The van der Waals surface area contributed by atoms with Crippen molar-refractivity contribution in [1.29, 1.82) is 0 Å². The van der Waals surface area contributed by atoms with Crippen LogP contribution in [0.15, 0.2) is 53.4 Å². The summed E-state index contributed by atoms with van der Waals surface area (Å²) in [7, 11) is -4.00. The fraction of sp³-hybridized carbons (Fsp3) is 0.316. The maximum atomic E-state index is 12.5. The number of anilines is 1. The van der Waals surface area contributed by atoms with Gasteiger partial charge in [0, 0.05) is 24.2 Å². The first kappa shape index (κ1) is 20.3. The van der Waals surface area contributed by atoms with Crippen molar-refractivity contribution >= 4 is 21.8 Å². The molecule has 0 spiro atoms. The number of carbonyl (C=O) groups is 1. The van der Waals surface area contributed by atoms with Gasteiger partial charge >= 0.3 is 12.5 Å². The van der Waals surface area contributed by atoms with E-state index in [0.29, 0.717) is 13.1 Å². The summed E-state index contributed by atoms with van der Waals surface area (Å²) in [5.41, 5.74) is 1.04. The summed E-state index contributed by atoms with van der Waals surface area (Å²) in [5, 5.41) is 9.15. The lowest BCUT2D eigenvalue weighted by molar-refractivity contribution is -0.274. The Morgan fingerprint density at radius 1 is 1.13 bits per heavy atom. The largest absolute Gasteiger partial charge is 0.573 e. The summed E-state index contributed by atoms with van der Waals surface area (Å²) in [6.07, 6.45) is -4.91. The van der Waals surface area contributed by atoms with E-state index < -0.39 is 28.2 Å². The molecule has 7 nitrogen and oxygen atoms in total. The Hall–Kier alpha value is -2.95. The first-order valence-electron chi connectivity index (χ1n) is 8.96. The topological polar surface area (TPSA) is 95.9 Å². The fourth-order valence-corrected chi connectivity index (χ4v) is 5.04. The lowest BCUT2D eigenvalue weighted by atomic mass is 9.95. The maximum absolute atomic E-state index is 12.5. The highest BCUT2D eigenvalue weighted by atomic mass is 32.2. The first-order valence-corrected chi connectivity index (χ1v) is 10.4. The molecule has 1 saturated carbocycles. The van der Waals surface area contributed by atoms with E-state index in [2.05, 4.69) is 9.46 Å². The van der Waals surface area contributed by atoms with Crippen LogP contribution in [0.5, 0.6) is 5.75 Å². The number of carboxylic acid groups (broad SMARTS) is 1. The number of benzene rings is 2. The molecule has 1 amide bonds. The van der Waals surface area contributed by atoms with Gasteiger partial charge in [-0.2, -0.15) is 0 Å². The number of amides is 1. The average molecular weight is 442 g/mol. The Balaban J connectivity index is 1.45. The predicted octanol–water partition coefficient (Wildman–Crippen LogP) is 3.64. The van der Waals surface area contributed by atoms with Gasteiger partial charge in [-0.05, 0) is 54.3 Å². The van der Waals surface area contributed by atoms with Gasteiger partial charge in [-0.25, -0.2) is 13.2 Å². The number of piperidine rings is 1. The number of ether oxygens (including phenoxy) is 1. The van der Waals surface area contributed by atoms with E-state index in [-0.39, 0.29) is 21.9 Å². The molecule has 1 aliphatic carbocycles. The normalized spacial score (nSPS) is 23.0. The van der Waals surface area contributed by atoms with Gasteiger partial charge in [0.05, 0.1) is 4.90 Å². The third-order valence-electron chi connectivity index (χ3n) is 5.50. The Morgan fingerprint density at radius 2 is 1.77 bits per heavy atom. The molecule has 2 fully saturated rings. The highest BCUT2D eigenvalue weighted by Crippen LogP contribution is 2.59. The SMILES string of the molecule is O=C(O)N1C[C@H]2C[C@@]2(c2ccc(NS(=O)(=O)c3ccc(OC(F)(F)F)cc3)cc2)C1. The van der Waals surface area contributed by atoms with Crippen molar-refractivity contribution in [3.63, 3.8) is 0 Å². The van der Waals surface area contributed by atoms with Gasteiger partial charge in [0.15, 0.2) is 0 Å². The smallest absolute Gasteiger partial charge is 0.465 e. The Kier molecular flexibility index (Phi) is 4.60. The van der Waals surface area contributed by atoms with Crippen LogP contribution in [-0.4, -0.2) is 44.0 Å². The minimum absolute atomic E-state index is 0.204. The fourth-order valence-electron chi connectivity index (χ4n) is 3.98. The molecule has 2 atom stereocenters. The van der Waals surface area contributed by atoms with Crippen LogP contribution in [0.2, 0.25) is 0 Å². The number of halogens is 3. The van der Waals surface area contributed by atoms with Gasteiger partial charge in [-0.3, -0.25) is 4.72 Å². The Bertz CT molecular complexity index is 1070. The molecule has 0 bridgehead atoms. The minimum Gasteiger partial charge on any atom is -0.465 e. The molecular formula is C19H17F3N2O5S. The molecule has 160 valence electrons. The summed E-state index contributed by atoms with van der Waals surface area (Å²) in [6, 6.07) is 10.6. The summed E-state index contributed by atoms with van der Waals surface area (Å²) < 4.78 is 67.7. The van der Waals surface area contributed by atoms with Gasteiger partial charge in [0.1, 0.15) is 5.75 Å². The number of sulfonamides is 1. The van der Waals surface area contributed by atoms with Gasteiger partial charge in [-0.15, -0.1) is 13.2 Å². The second kappa shape index (κ2) is 6.79. The lowest BCUT2D eigenvalue weighted by Crippen LogP contribution is -2.31. The highest BCUT2D eigenvalue weighted by Gasteiger charge is 2.61. The van der Waals surface area contributed by atoms with Gasteiger partial charge in [-0.1, -0.05) is 12.1 Å². The third kappa shape index (κ3) is 3.89. The first-order chi connectivity index (χ1) is 14.0. The molecule has 2 aromatic rings. The zero-order valence-electron chi connectivity index (χ0n) is 15.4. The number of alkyl halides is 3. The second-order valence-corrected chi connectivity index (χ2v) is 9.10.